The molecule has 0 radical (unpaired) electrons. The van der Waals surface area contributed by atoms with Gasteiger partial charge >= 0.3 is 0 Å². The molecule has 1 aliphatic rings. The summed E-state index contributed by atoms with van der Waals surface area (Å²) in [7, 11) is 0. The van der Waals surface area contributed by atoms with Crippen LogP contribution >= 0.6 is 15.9 Å². The van der Waals surface area contributed by atoms with Crippen LogP contribution in [0.5, 0.6) is 0 Å². The Morgan fingerprint density at radius 2 is 2.33 bits per heavy atom. The number of halogens is 1. The van der Waals surface area contributed by atoms with Gasteiger partial charge in [-0.3, -0.25) is 0 Å². The highest BCUT2D eigenvalue weighted by atomic mass is 79.9. The lowest BCUT2D eigenvalue weighted by Crippen LogP contribution is -2.40. The highest BCUT2D eigenvalue weighted by Gasteiger charge is 2.11. The summed E-state index contributed by atoms with van der Waals surface area (Å²) in [4.78, 5) is 0. The molecular weight excluding hydrogens is 292 g/mol. The minimum Gasteiger partial charge on any atom is -0.376 e. The van der Waals surface area contributed by atoms with Gasteiger partial charge in [-0.05, 0) is 43.6 Å². The maximum atomic E-state index is 5.65. The van der Waals surface area contributed by atoms with E-state index in [0.29, 0.717) is 6.10 Å². The maximum Gasteiger partial charge on any atom is 0.0712 e. The van der Waals surface area contributed by atoms with E-state index in [9.17, 15) is 0 Å². The largest absolute Gasteiger partial charge is 0.376 e. The van der Waals surface area contributed by atoms with Crippen molar-refractivity contribution in [3.63, 3.8) is 0 Å². The van der Waals surface area contributed by atoms with E-state index in [1.54, 1.807) is 0 Å². The maximum absolute atomic E-state index is 5.65. The van der Waals surface area contributed by atoms with Gasteiger partial charge in [-0.25, -0.2) is 0 Å². The molecule has 0 bridgehead atoms. The minimum absolute atomic E-state index is 0.386. The van der Waals surface area contributed by atoms with Crippen LogP contribution in [-0.4, -0.2) is 38.9 Å². The zero-order chi connectivity index (χ0) is 12.6. The van der Waals surface area contributed by atoms with Crippen molar-refractivity contribution in [2.24, 2.45) is 0 Å². The van der Waals surface area contributed by atoms with Crippen LogP contribution in [0.25, 0.3) is 0 Å². The quantitative estimate of drug-likeness (QED) is 0.788. The SMILES string of the molecule is Brc1cccc(CCNCCC2CNCCO2)c1. The lowest BCUT2D eigenvalue weighted by atomic mass is 10.1. The normalized spacial score (nSPS) is 19.9. The van der Waals surface area contributed by atoms with E-state index < -0.39 is 0 Å². The fourth-order valence-electron chi connectivity index (χ4n) is 2.12. The topological polar surface area (TPSA) is 33.3 Å². The molecule has 0 amide bonds. The lowest BCUT2D eigenvalue weighted by Gasteiger charge is -2.23. The second-order valence-corrected chi connectivity index (χ2v) is 5.53. The summed E-state index contributed by atoms with van der Waals surface area (Å²) in [5.74, 6) is 0. The van der Waals surface area contributed by atoms with Crippen LogP contribution in [0.15, 0.2) is 28.7 Å². The third-order valence-corrected chi connectivity index (χ3v) is 3.62. The van der Waals surface area contributed by atoms with Gasteiger partial charge in [-0.15, -0.1) is 0 Å². The standard InChI is InChI=1S/C14H21BrN2O/c15-13-3-1-2-12(10-13)4-6-16-7-5-14-11-17-8-9-18-14/h1-3,10,14,16-17H,4-9,11H2. The van der Waals surface area contributed by atoms with Gasteiger partial charge in [0.15, 0.2) is 0 Å². The summed E-state index contributed by atoms with van der Waals surface area (Å²) in [6.07, 6.45) is 2.55. The first-order chi connectivity index (χ1) is 8.84. The average Bonchev–Trinajstić information content (AvgIpc) is 2.40. The first kappa shape index (κ1) is 14.0. The zero-order valence-corrected chi connectivity index (χ0v) is 12.2. The van der Waals surface area contributed by atoms with Crippen molar-refractivity contribution in [2.75, 3.05) is 32.8 Å². The summed E-state index contributed by atoms with van der Waals surface area (Å²) in [6.45, 7) is 4.89. The van der Waals surface area contributed by atoms with E-state index in [2.05, 4.69) is 50.8 Å². The summed E-state index contributed by atoms with van der Waals surface area (Å²) in [5, 5.41) is 6.83. The smallest absolute Gasteiger partial charge is 0.0712 e. The molecule has 1 saturated heterocycles. The molecule has 2 N–H and O–H groups in total. The second kappa shape index (κ2) is 7.89. The van der Waals surface area contributed by atoms with E-state index >= 15 is 0 Å². The molecule has 1 aliphatic heterocycles. The molecule has 0 saturated carbocycles. The van der Waals surface area contributed by atoms with Crippen LogP contribution < -0.4 is 10.6 Å². The molecule has 2 rings (SSSR count). The Morgan fingerprint density at radius 1 is 1.39 bits per heavy atom. The Kier molecular flexibility index (Phi) is 6.14. The van der Waals surface area contributed by atoms with Crippen molar-refractivity contribution >= 4 is 15.9 Å². The molecule has 0 spiro atoms. The Labute approximate surface area is 117 Å². The van der Waals surface area contributed by atoms with E-state index in [1.807, 2.05) is 0 Å². The molecule has 1 aromatic rings. The predicted molar refractivity (Wildman–Crippen MR) is 77.9 cm³/mol. The third-order valence-electron chi connectivity index (χ3n) is 3.13. The molecule has 1 atom stereocenters. The van der Waals surface area contributed by atoms with Crippen LogP contribution in [0.1, 0.15) is 12.0 Å². The van der Waals surface area contributed by atoms with E-state index in [0.717, 1.165) is 50.1 Å². The number of hydrogen-bond acceptors (Lipinski definition) is 3. The Hall–Kier alpha value is -0.420. The summed E-state index contributed by atoms with van der Waals surface area (Å²) in [6, 6.07) is 8.49. The molecule has 4 heteroatoms. The summed E-state index contributed by atoms with van der Waals surface area (Å²) >= 11 is 3.49. The van der Waals surface area contributed by atoms with Gasteiger partial charge in [0.1, 0.15) is 0 Å². The predicted octanol–water partition coefficient (Wildman–Crippen LogP) is 1.96. The van der Waals surface area contributed by atoms with Gasteiger partial charge < -0.3 is 15.4 Å². The van der Waals surface area contributed by atoms with Crippen LogP contribution in [0.3, 0.4) is 0 Å². The number of hydrogen-bond donors (Lipinski definition) is 2. The molecule has 18 heavy (non-hydrogen) atoms. The third kappa shape index (κ3) is 5.06. The van der Waals surface area contributed by atoms with E-state index in [-0.39, 0.29) is 0 Å². The monoisotopic (exact) mass is 312 g/mol. The van der Waals surface area contributed by atoms with Crippen molar-refractivity contribution in [3.8, 4) is 0 Å². The average molecular weight is 313 g/mol. The zero-order valence-electron chi connectivity index (χ0n) is 10.6. The number of morpholine rings is 1. The van der Waals surface area contributed by atoms with E-state index in [1.165, 1.54) is 5.56 Å². The molecule has 0 aliphatic carbocycles. The fraction of sp³-hybridized carbons (Fsp3) is 0.571. The van der Waals surface area contributed by atoms with Crippen molar-refractivity contribution in [3.05, 3.63) is 34.3 Å². The van der Waals surface area contributed by atoms with Crippen molar-refractivity contribution < 1.29 is 4.74 Å². The number of rotatable bonds is 6. The Balaban J connectivity index is 1.55. The minimum atomic E-state index is 0.386. The van der Waals surface area contributed by atoms with E-state index in [4.69, 9.17) is 4.74 Å². The van der Waals surface area contributed by atoms with Gasteiger partial charge in [0.25, 0.3) is 0 Å². The molecule has 1 aromatic carbocycles. The highest BCUT2D eigenvalue weighted by Crippen LogP contribution is 2.11. The molecule has 1 fully saturated rings. The van der Waals surface area contributed by atoms with Crippen LogP contribution in [0.2, 0.25) is 0 Å². The summed E-state index contributed by atoms with van der Waals surface area (Å²) < 4.78 is 6.80. The molecular formula is C14H21BrN2O. The first-order valence-electron chi connectivity index (χ1n) is 6.62. The molecule has 1 unspecified atom stereocenters. The fourth-order valence-corrected chi connectivity index (χ4v) is 2.57. The number of ether oxygens (including phenoxy) is 1. The summed E-state index contributed by atoms with van der Waals surface area (Å²) in [5.41, 5.74) is 1.37. The van der Waals surface area contributed by atoms with Crippen molar-refractivity contribution in [1.82, 2.24) is 10.6 Å². The van der Waals surface area contributed by atoms with Gasteiger partial charge in [0.05, 0.1) is 12.7 Å². The molecule has 0 aromatic heterocycles. The Bertz CT molecular complexity index is 353. The number of benzene rings is 1. The number of nitrogens with one attached hydrogen (secondary N) is 2. The molecule has 1 heterocycles. The van der Waals surface area contributed by atoms with Crippen LogP contribution in [-0.2, 0) is 11.2 Å². The molecule has 100 valence electrons. The lowest BCUT2D eigenvalue weighted by molar-refractivity contribution is 0.0239. The van der Waals surface area contributed by atoms with Crippen molar-refractivity contribution in [1.29, 1.82) is 0 Å². The van der Waals surface area contributed by atoms with Crippen LogP contribution in [0, 0.1) is 0 Å². The van der Waals surface area contributed by atoms with Gasteiger partial charge in [-0.2, -0.15) is 0 Å². The second-order valence-electron chi connectivity index (χ2n) is 4.62. The van der Waals surface area contributed by atoms with Crippen molar-refractivity contribution in [2.45, 2.75) is 18.9 Å². The first-order valence-corrected chi connectivity index (χ1v) is 7.41. The van der Waals surface area contributed by atoms with Crippen LogP contribution in [0.4, 0.5) is 0 Å². The van der Waals surface area contributed by atoms with Gasteiger partial charge in [-0.1, -0.05) is 28.1 Å². The Morgan fingerprint density at radius 3 is 3.11 bits per heavy atom. The molecule has 3 nitrogen and oxygen atoms in total. The van der Waals surface area contributed by atoms with Gasteiger partial charge in [0, 0.05) is 17.6 Å². The highest BCUT2D eigenvalue weighted by molar-refractivity contribution is 9.10. The van der Waals surface area contributed by atoms with Gasteiger partial charge in [0.2, 0.25) is 0 Å².